The topological polar surface area (TPSA) is 167 Å². The van der Waals surface area contributed by atoms with Crippen molar-refractivity contribution in [3.05, 3.63) is 58.1 Å². The van der Waals surface area contributed by atoms with E-state index >= 15 is 0 Å². The first-order chi connectivity index (χ1) is 15.4. The number of carbonyl (C=O) groups is 3. The zero-order chi connectivity index (χ0) is 22.8. The molecule has 168 valence electrons. The molecule has 2 aliphatic heterocycles. The first-order valence-electron chi connectivity index (χ1n) is 9.43. The molecule has 3 N–H and O–H groups in total. The Morgan fingerprint density at radius 3 is 2.38 bits per heavy atom. The number of benzene rings is 1. The molecule has 2 aliphatic rings. The minimum absolute atomic E-state index is 0.00239. The van der Waals surface area contributed by atoms with E-state index in [0.717, 1.165) is 4.57 Å². The quantitative estimate of drug-likeness (QED) is 0.330. The van der Waals surface area contributed by atoms with Gasteiger partial charge in [-0.15, -0.1) is 0 Å². The highest BCUT2D eigenvalue weighted by molar-refractivity contribution is 6.03. The van der Waals surface area contributed by atoms with Gasteiger partial charge in [0.15, 0.2) is 24.3 Å². The molecule has 4 atom stereocenters. The number of hydrogen-bond donors (Lipinski definition) is 3. The molecule has 0 radical (unpaired) electrons. The van der Waals surface area contributed by atoms with E-state index in [0.29, 0.717) is 0 Å². The van der Waals surface area contributed by atoms with Crippen molar-refractivity contribution in [2.75, 3.05) is 19.1 Å². The summed E-state index contributed by atoms with van der Waals surface area (Å²) in [6.45, 7) is -0.359. The van der Waals surface area contributed by atoms with Crippen molar-refractivity contribution in [1.29, 1.82) is 0 Å². The van der Waals surface area contributed by atoms with Crippen LogP contribution in [0.3, 0.4) is 0 Å². The number of nitrogens with zero attached hydrogens (tertiary/aromatic N) is 2. The third kappa shape index (κ3) is 3.86. The number of esters is 2. The monoisotopic (exact) mass is 446 g/mol. The number of ether oxygens (including phenoxy) is 4. The van der Waals surface area contributed by atoms with Crippen LogP contribution in [-0.2, 0) is 18.9 Å². The molecule has 1 aromatic heterocycles. The van der Waals surface area contributed by atoms with Gasteiger partial charge in [-0.1, -0.05) is 12.1 Å². The molecule has 1 saturated heterocycles. The van der Waals surface area contributed by atoms with Crippen molar-refractivity contribution in [2.45, 2.75) is 24.5 Å². The van der Waals surface area contributed by atoms with E-state index in [-0.39, 0.29) is 23.6 Å². The predicted octanol–water partition coefficient (Wildman–Crippen LogP) is 0.0624. The highest BCUT2D eigenvalue weighted by atomic mass is 16.7. The average Bonchev–Trinajstić information content (AvgIpc) is 3.12. The number of carbonyl (C=O) groups excluding carboxylic acids is 3. The second-order valence-corrected chi connectivity index (χ2v) is 6.81. The number of rotatable bonds is 4. The third-order valence-electron chi connectivity index (χ3n) is 4.94. The maximum Gasteiger partial charge on any atom is 0.406 e. The van der Waals surface area contributed by atoms with Crippen molar-refractivity contribution in [1.82, 2.24) is 14.9 Å². The first kappa shape index (κ1) is 21.3. The molecule has 0 spiro atoms. The zero-order valence-electron chi connectivity index (χ0n) is 16.6. The number of amides is 1. The number of aromatic nitrogens is 2. The van der Waals surface area contributed by atoms with Gasteiger partial charge in [-0.25, -0.2) is 19.2 Å². The molecule has 32 heavy (non-hydrogen) atoms. The van der Waals surface area contributed by atoms with Gasteiger partial charge in [-0.05, 0) is 18.2 Å². The Morgan fingerprint density at radius 2 is 1.78 bits per heavy atom. The Morgan fingerprint density at radius 1 is 1.12 bits per heavy atom. The Labute approximate surface area is 179 Å². The maximum absolute atomic E-state index is 12.8. The molecule has 1 fully saturated rings. The van der Waals surface area contributed by atoms with Crippen LogP contribution in [0.1, 0.15) is 26.9 Å². The van der Waals surface area contributed by atoms with Crippen LogP contribution in [-0.4, -0.2) is 64.8 Å². The van der Waals surface area contributed by atoms with E-state index in [1.54, 1.807) is 17.6 Å². The van der Waals surface area contributed by atoms with Crippen LogP contribution in [0.4, 0.5) is 10.6 Å². The number of nitrogens with one attached hydrogen (secondary N) is 2. The second kappa shape index (κ2) is 8.64. The molecular weight excluding hydrogens is 428 g/mol. The van der Waals surface area contributed by atoms with Crippen LogP contribution < -0.4 is 16.5 Å². The number of hydrogen-bond acceptors (Lipinski definition) is 11. The highest BCUT2D eigenvalue weighted by Gasteiger charge is 2.52. The summed E-state index contributed by atoms with van der Waals surface area (Å²) in [7, 11) is 1.36. The van der Waals surface area contributed by atoms with Crippen molar-refractivity contribution in [3.8, 4) is 0 Å². The van der Waals surface area contributed by atoms with Crippen LogP contribution in [0.25, 0.3) is 0 Å². The molecule has 0 saturated carbocycles. The van der Waals surface area contributed by atoms with Crippen LogP contribution in [0, 0.1) is 0 Å². The lowest BCUT2D eigenvalue weighted by Crippen LogP contribution is -2.44. The molecule has 1 aromatic carbocycles. The fourth-order valence-corrected chi connectivity index (χ4v) is 3.45. The van der Waals surface area contributed by atoms with E-state index in [1.807, 2.05) is 0 Å². The number of alkyl carbamates (subject to hydrolysis) is 1. The molecule has 13 nitrogen and oxygen atoms in total. The Kier molecular flexibility index (Phi) is 5.75. The van der Waals surface area contributed by atoms with Crippen LogP contribution >= 0.6 is 0 Å². The van der Waals surface area contributed by atoms with Gasteiger partial charge in [0.1, 0.15) is 12.7 Å². The van der Waals surface area contributed by atoms with Crippen LogP contribution in [0.5, 0.6) is 0 Å². The molecule has 0 bridgehead atoms. The molecule has 13 heteroatoms. The van der Waals surface area contributed by atoms with Gasteiger partial charge >= 0.3 is 23.7 Å². The normalized spacial score (nSPS) is 24.2. The van der Waals surface area contributed by atoms with Gasteiger partial charge in [0.05, 0.1) is 11.1 Å². The smallest absolute Gasteiger partial charge is 0.406 e. The Bertz CT molecular complexity index is 1120. The number of fused-ring (bicyclic) bond motifs is 2. The van der Waals surface area contributed by atoms with Gasteiger partial charge in [-0.3, -0.25) is 15.3 Å². The average molecular weight is 446 g/mol. The van der Waals surface area contributed by atoms with E-state index in [2.05, 4.69) is 10.3 Å². The minimum atomic E-state index is -1.26. The summed E-state index contributed by atoms with van der Waals surface area (Å²) in [6, 6.07) is 7.22. The van der Waals surface area contributed by atoms with Gasteiger partial charge in [-0.2, -0.15) is 4.98 Å². The van der Waals surface area contributed by atoms with Crippen molar-refractivity contribution >= 4 is 23.8 Å². The van der Waals surface area contributed by atoms with E-state index in [1.165, 1.54) is 31.4 Å². The van der Waals surface area contributed by atoms with Crippen LogP contribution in [0.2, 0.25) is 0 Å². The Balaban J connectivity index is 1.73. The SMILES string of the molecule is CNC(=O)OC[C@H]1O[C@@H](n2ccc(NO)nc2=O)[C@@H]2OC(=O)c3ccccc3C(=O)O[C@@H]21. The molecule has 1 amide bonds. The summed E-state index contributed by atoms with van der Waals surface area (Å²) in [5.74, 6) is -1.73. The lowest BCUT2D eigenvalue weighted by atomic mass is 10.0. The van der Waals surface area contributed by atoms with E-state index in [9.17, 15) is 19.2 Å². The summed E-state index contributed by atoms with van der Waals surface area (Å²) in [5, 5.41) is 11.2. The number of anilines is 1. The summed E-state index contributed by atoms with van der Waals surface area (Å²) >= 11 is 0. The molecule has 3 heterocycles. The van der Waals surface area contributed by atoms with E-state index in [4.69, 9.17) is 24.2 Å². The molecule has 0 aliphatic carbocycles. The van der Waals surface area contributed by atoms with Gasteiger partial charge in [0.25, 0.3) is 0 Å². The molecule has 0 unspecified atom stereocenters. The standard InChI is InChI=1S/C19H18N4O9/c1-20-19(27)29-8-11-13-14(15(30-11)23-7-6-12(22-28)21-18(23)26)32-17(25)10-5-3-2-4-9(10)16(24)31-13/h2-7,11,13-15,28H,8H2,1H3,(H,20,27)(H,21,22,26)/t11-,13-,14-,15-/m1/s1. The largest absolute Gasteiger partial charge is 0.452 e. The maximum atomic E-state index is 12.8. The minimum Gasteiger partial charge on any atom is -0.452 e. The second-order valence-electron chi connectivity index (χ2n) is 6.81. The first-order valence-corrected chi connectivity index (χ1v) is 9.43. The van der Waals surface area contributed by atoms with Crippen molar-refractivity contribution in [2.24, 2.45) is 0 Å². The van der Waals surface area contributed by atoms with Crippen LogP contribution in [0.15, 0.2) is 41.3 Å². The zero-order valence-corrected chi connectivity index (χ0v) is 16.6. The third-order valence-corrected chi connectivity index (χ3v) is 4.94. The van der Waals surface area contributed by atoms with Gasteiger partial charge in [0.2, 0.25) is 0 Å². The summed E-state index contributed by atoms with van der Waals surface area (Å²) in [6.07, 6.45) is -4.28. The molecule has 2 aromatic rings. The fraction of sp³-hybridized carbons (Fsp3) is 0.316. The van der Waals surface area contributed by atoms with Crippen molar-refractivity contribution in [3.63, 3.8) is 0 Å². The summed E-state index contributed by atoms with van der Waals surface area (Å²) in [5.41, 5.74) is 0.899. The predicted molar refractivity (Wildman–Crippen MR) is 103 cm³/mol. The van der Waals surface area contributed by atoms with Crippen molar-refractivity contribution < 1.29 is 38.5 Å². The molecular formula is C19H18N4O9. The highest BCUT2D eigenvalue weighted by Crippen LogP contribution is 2.36. The van der Waals surface area contributed by atoms with Gasteiger partial charge < -0.3 is 24.3 Å². The summed E-state index contributed by atoms with van der Waals surface area (Å²) in [4.78, 5) is 53.2. The fourth-order valence-electron chi connectivity index (χ4n) is 3.45. The lowest BCUT2D eigenvalue weighted by Gasteiger charge is -2.27. The molecule has 4 rings (SSSR count). The summed E-state index contributed by atoms with van der Waals surface area (Å²) < 4.78 is 23.0. The Hall–Kier alpha value is -3.97. The lowest BCUT2D eigenvalue weighted by molar-refractivity contribution is -0.0614. The van der Waals surface area contributed by atoms with Gasteiger partial charge in [0, 0.05) is 13.2 Å². The van der Waals surface area contributed by atoms with E-state index < -0.39 is 48.3 Å².